The standard InChI is InChI=1S/C16H20BrF3N2O2/c1-10(24-14-3-2-11(18)8-13(14)17)16(23)21-12-4-6-22(7-5-12)9-15(19)20/h2-3,8,10,12,15H,4-7,9H2,1H3,(H,21,23)/t10-/m0/s1. The highest BCUT2D eigenvalue weighted by atomic mass is 79.9. The third-order valence-corrected chi connectivity index (χ3v) is 4.52. The Hall–Kier alpha value is -1.28. The van der Waals surface area contributed by atoms with E-state index in [9.17, 15) is 18.0 Å². The van der Waals surface area contributed by atoms with Crippen LogP contribution in [0.2, 0.25) is 0 Å². The first-order valence-electron chi connectivity index (χ1n) is 7.77. The van der Waals surface area contributed by atoms with Gasteiger partial charge in [0.05, 0.1) is 11.0 Å². The highest BCUT2D eigenvalue weighted by Gasteiger charge is 2.25. The lowest BCUT2D eigenvalue weighted by atomic mass is 10.0. The fourth-order valence-corrected chi connectivity index (χ4v) is 3.03. The Bertz CT molecular complexity index is 566. The maximum atomic E-state index is 13.0. The van der Waals surface area contributed by atoms with Gasteiger partial charge in [-0.05, 0) is 53.9 Å². The molecular weight excluding hydrogens is 389 g/mol. The van der Waals surface area contributed by atoms with Crippen molar-refractivity contribution in [1.82, 2.24) is 10.2 Å². The lowest BCUT2D eigenvalue weighted by Crippen LogP contribution is -2.48. The first kappa shape index (κ1) is 19.1. The number of benzene rings is 1. The Morgan fingerprint density at radius 3 is 2.67 bits per heavy atom. The van der Waals surface area contributed by atoms with E-state index in [2.05, 4.69) is 21.2 Å². The van der Waals surface area contributed by atoms with Crippen molar-refractivity contribution in [2.45, 2.75) is 38.3 Å². The monoisotopic (exact) mass is 408 g/mol. The molecule has 1 aromatic rings. The molecule has 2 rings (SSSR count). The Morgan fingerprint density at radius 2 is 2.08 bits per heavy atom. The van der Waals surface area contributed by atoms with Crippen LogP contribution in [0.4, 0.5) is 13.2 Å². The van der Waals surface area contributed by atoms with Crippen LogP contribution >= 0.6 is 15.9 Å². The van der Waals surface area contributed by atoms with Gasteiger partial charge in [0.1, 0.15) is 11.6 Å². The minimum Gasteiger partial charge on any atom is -0.480 e. The van der Waals surface area contributed by atoms with E-state index in [4.69, 9.17) is 4.74 Å². The van der Waals surface area contributed by atoms with Crippen molar-refractivity contribution in [3.8, 4) is 5.75 Å². The average Bonchev–Trinajstić information content (AvgIpc) is 2.51. The summed E-state index contributed by atoms with van der Waals surface area (Å²) < 4.78 is 43.7. The second-order valence-electron chi connectivity index (χ2n) is 5.81. The largest absolute Gasteiger partial charge is 0.480 e. The molecule has 134 valence electrons. The van der Waals surface area contributed by atoms with E-state index in [1.165, 1.54) is 18.2 Å². The van der Waals surface area contributed by atoms with E-state index < -0.39 is 18.3 Å². The highest BCUT2D eigenvalue weighted by Crippen LogP contribution is 2.26. The lowest BCUT2D eigenvalue weighted by molar-refractivity contribution is -0.128. The molecule has 1 aliphatic rings. The maximum absolute atomic E-state index is 13.0. The zero-order valence-electron chi connectivity index (χ0n) is 13.3. The Balaban J connectivity index is 1.80. The van der Waals surface area contributed by atoms with Gasteiger partial charge in [0, 0.05) is 19.1 Å². The molecule has 1 N–H and O–H groups in total. The first-order chi connectivity index (χ1) is 11.3. The minimum absolute atomic E-state index is 0.0471. The van der Waals surface area contributed by atoms with Gasteiger partial charge in [-0.15, -0.1) is 0 Å². The smallest absolute Gasteiger partial charge is 0.260 e. The number of carbonyl (C=O) groups excluding carboxylic acids is 1. The second-order valence-corrected chi connectivity index (χ2v) is 6.66. The van der Waals surface area contributed by atoms with Crippen LogP contribution in [0.1, 0.15) is 19.8 Å². The molecule has 24 heavy (non-hydrogen) atoms. The number of halogens is 4. The predicted molar refractivity (Wildman–Crippen MR) is 87.8 cm³/mol. The van der Waals surface area contributed by atoms with Gasteiger partial charge in [-0.2, -0.15) is 0 Å². The van der Waals surface area contributed by atoms with Gasteiger partial charge in [-0.1, -0.05) is 0 Å². The number of rotatable bonds is 6. The average molecular weight is 409 g/mol. The van der Waals surface area contributed by atoms with E-state index in [0.717, 1.165) is 0 Å². The molecule has 1 amide bonds. The van der Waals surface area contributed by atoms with Crippen molar-refractivity contribution in [1.29, 1.82) is 0 Å². The van der Waals surface area contributed by atoms with Gasteiger partial charge >= 0.3 is 0 Å². The number of carbonyl (C=O) groups is 1. The van der Waals surface area contributed by atoms with Gasteiger partial charge in [-0.25, -0.2) is 13.2 Å². The Labute approximate surface area is 147 Å². The zero-order valence-corrected chi connectivity index (χ0v) is 14.9. The van der Waals surface area contributed by atoms with Gasteiger partial charge in [0.25, 0.3) is 12.3 Å². The second kappa shape index (κ2) is 8.71. The third-order valence-electron chi connectivity index (χ3n) is 3.90. The summed E-state index contributed by atoms with van der Waals surface area (Å²) in [5.41, 5.74) is 0. The molecule has 1 aliphatic heterocycles. The zero-order chi connectivity index (χ0) is 17.7. The normalized spacial score (nSPS) is 17.8. The SMILES string of the molecule is C[C@H](Oc1ccc(F)cc1Br)C(=O)NC1CCN(CC(F)F)CC1. The summed E-state index contributed by atoms with van der Waals surface area (Å²) in [7, 11) is 0. The summed E-state index contributed by atoms with van der Waals surface area (Å²) in [6, 6.07) is 3.92. The summed E-state index contributed by atoms with van der Waals surface area (Å²) in [5, 5.41) is 2.88. The van der Waals surface area contributed by atoms with E-state index in [0.29, 0.717) is 36.2 Å². The summed E-state index contributed by atoms with van der Waals surface area (Å²) >= 11 is 3.19. The van der Waals surface area contributed by atoms with Gasteiger partial charge in [0.15, 0.2) is 6.10 Å². The molecule has 0 bridgehead atoms. The Kier molecular flexibility index (Phi) is 6.91. The molecule has 0 aromatic heterocycles. The number of nitrogens with zero attached hydrogens (tertiary/aromatic N) is 1. The van der Waals surface area contributed by atoms with E-state index in [-0.39, 0.29) is 18.5 Å². The first-order valence-corrected chi connectivity index (χ1v) is 8.57. The number of likely N-dealkylation sites (tertiary alicyclic amines) is 1. The lowest BCUT2D eigenvalue weighted by Gasteiger charge is -2.32. The quantitative estimate of drug-likeness (QED) is 0.785. The summed E-state index contributed by atoms with van der Waals surface area (Å²) in [5.74, 6) is -0.300. The van der Waals surface area contributed by atoms with Crippen LogP contribution in [0.15, 0.2) is 22.7 Å². The van der Waals surface area contributed by atoms with Gasteiger partial charge < -0.3 is 10.1 Å². The third kappa shape index (κ3) is 5.66. The van der Waals surface area contributed by atoms with Crippen LogP contribution in [0.5, 0.6) is 5.75 Å². The maximum Gasteiger partial charge on any atom is 0.260 e. The summed E-state index contributed by atoms with van der Waals surface area (Å²) in [6.07, 6.45) is -1.82. The summed E-state index contributed by atoms with van der Waals surface area (Å²) in [4.78, 5) is 13.9. The number of piperidine rings is 1. The highest BCUT2D eigenvalue weighted by molar-refractivity contribution is 9.10. The molecule has 1 heterocycles. The van der Waals surface area contributed by atoms with E-state index in [1.54, 1.807) is 11.8 Å². The molecule has 0 aliphatic carbocycles. The molecular formula is C16H20BrF3N2O2. The van der Waals surface area contributed by atoms with Gasteiger partial charge in [0.2, 0.25) is 0 Å². The molecule has 8 heteroatoms. The van der Waals surface area contributed by atoms with Crippen LogP contribution < -0.4 is 10.1 Å². The number of alkyl halides is 2. The number of nitrogens with one attached hydrogen (secondary N) is 1. The number of hydrogen-bond donors (Lipinski definition) is 1. The molecule has 0 saturated carbocycles. The van der Waals surface area contributed by atoms with Crippen molar-refractivity contribution in [2.24, 2.45) is 0 Å². The van der Waals surface area contributed by atoms with Crippen LogP contribution in [0.3, 0.4) is 0 Å². The van der Waals surface area contributed by atoms with Crippen LogP contribution in [-0.4, -0.2) is 49.0 Å². The Morgan fingerprint density at radius 1 is 1.42 bits per heavy atom. The molecule has 1 saturated heterocycles. The van der Waals surface area contributed by atoms with E-state index in [1.807, 2.05) is 0 Å². The molecule has 0 spiro atoms. The fourth-order valence-electron chi connectivity index (χ4n) is 2.59. The van der Waals surface area contributed by atoms with Crippen molar-refractivity contribution >= 4 is 21.8 Å². The number of hydrogen-bond acceptors (Lipinski definition) is 3. The van der Waals surface area contributed by atoms with Crippen molar-refractivity contribution in [3.63, 3.8) is 0 Å². The number of amides is 1. The van der Waals surface area contributed by atoms with E-state index >= 15 is 0 Å². The van der Waals surface area contributed by atoms with Crippen molar-refractivity contribution < 1.29 is 22.7 Å². The minimum atomic E-state index is -2.33. The van der Waals surface area contributed by atoms with Crippen molar-refractivity contribution in [2.75, 3.05) is 19.6 Å². The van der Waals surface area contributed by atoms with Gasteiger partial charge in [-0.3, -0.25) is 9.69 Å². The molecule has 4 nitrogen and oxygen atoms in total. The topological polar surface area (TPSA) is 41.6 Å². The molecule has 1 fully saturated rings. The predicted octanol–water partition coefficient (Wildman–Crippen LogP) is 3.20. The van der Waals surface area contributed by atoms with Crippen LogP contribution in [0.25, 0.3) is 0 Å². The molecule has 0 radical (unpaired) electrons. The number of ether oxygens (including phenoxy) is 1. The molecule has 1 atom stereocenters. The summed E-state index contributed by atoms with van der Waals surface area (Å²) in [6.45, 7) is 2.46. The molecule has 0 unspecified atom stereocenters. The van der Waals surface area contributed by atoms with Crippen LogP contribution in [0, 0.1) is 5.82 Å². The van der Waals surface area contributed by atoms with Crippen molar-refractivity contribution in [3.05, 3.63) is 28.5 Å². The molecule has 1 aromatic carbocycles. The van der Waals surface area contributed by atoms with Crippen LogP contribution in [-0.2, 0) is 4.79 Å². The fraction of sp³-hybridized carbons (Fsp3) is 0.562.